The van der Waals surface area contributed by atoms with Gasteiger partial charge in [-0.2, -0.15) is 0 Å². The van der Waals surface area contributed by atoms with E-state index in [9.17, 15) is 21.6 Å². The maximum absolute atomic E-state index is 12.7. The Labute approximate surface area is 157 Å². The Morgan fingerprint density at radius 1 is 1.33 bits per heavy atom. The summed E-state index contributed by atoms with van der Waals surface area (Å²) in [7, 11) is -6.63. The van der Waals surface area contributed by atoms with Crippen LogP contribution in [0.1, 0.15) is 12.7 Å². The van der Waals surface area contributed by atoms with Crippen molar-refractivity contribution in [1.82, 2.24) is 4.72 Å². The van der Waals surface area contributed by atoms with E-state index in [1.54, 1.807) is 12.1 Å². The minimum Gasteiger partial charge on any atom is -0.495 e. The molecule has 3 rings (SSSR count). The molecule has 0 unspecified atom stereocenters. The van der Waals surface area contributed by atoms with Crippen LogP contribution in [0.3, 0.4) is 0 Å². The van der Waals surface area contributed by atoms with Crippen LogP contribution in [0.2, 0.25) is 0 Å². The molecule has 1 fully saturated rings. The van der Waals surface area contributed by atoms with Gasteiger partial charge >= 0.3 is 0 Å². The van der Waals surface area contributed by atoms with Gasteiger partial charge in [-0.15, -0.1) is 0 Å². The zero-order valence-corrected chi connectivity index (χ0v) is 16.2. The lowest BCUT2D eigenvalue weighted by atomic mass is 10.2. The van der Waals surface area contributed by atoms with Crippen molar-refractivity contribution < 1.29 is 30.8 Å². The van der Waals surface area contributed by atoms with Crippen molar-refractivity contribution >= 4 is 31.6 Å². The van der Waals surface area contributed by atoms with E-state index in [0.29, 0.717) is 10.1 Å². The van der Waals surface area contributed by atoms with Crippen LogP contribution in [0.15, 0.2) is 45.9 Å². The zero-order chi connectivity index (χ0) is 19.8. The van der Waals surface area contributed by atoms with Crippen LogP contribution in [0.4, 0.5) is 5.69 Å². The minimum absolute atomic E-state index is 0.0165. The third kappa shape index (κ3) is 3.70. The summed E-state index contributed by atoms with van der Waals surface area (Å²) in [6.07, 6.45) is 1.41. The first kappa shape index (κ1) is 19.4. The van der Waals surface area contributed by atoms with Gasteiger partial charge < -0.3 is 9.15 Å². The molecule has 1 amide bonds. The van der Waals surface area contributed by atoms with Crippen molar-refractivity contribution in [3.05, 3.63) is 42.4 Å². The molecule has 2 aromatic rings. The van der Waals surface area contributed by atoms with Crippen LogP contribution < -0.4 is 13.8 Å². The Balaban J connectivity index is 2.00. The molecule has 1 aromatic carbocycles. The van der Waals surface area contributed by atoms with Gasteiger partial charge in [0, 0.05) is 0 Å². The van der Waals surface area contributed by atoms with Crippen LogP contribution in [0.5, 0.6) is 5.75 Å². The SMILES string of the molecule is COc1ccc(N2C(=O)[C@@H](C)CS2(=O)=O)cc1S(=O)(=O)NCc1ccco1. The molecule has 0 saturated carbocycles. The monoisotopic (exact) mass is 414 g/mol. The fourth-order valence-electron chi connectivity index (χ4n) is 2.75. The van der Waals surface area contributed by atoms with E-state index >= 15 is 0 Å². The van der Waals surface area contributed by atoms with E-state index in [1.165, 1.54) is 32.4 Å². The molecule has 1 aliphatic rings. The van der Waals surface area contributed by atoms with Gasteiger partial charge in [0.1, 0.15) is 16.4 Å². The highest BCUT2D eigenvalue weighted by Gasteiger charge is 2.42. The van der Waals surface area contributed by atoms with E-state index in [1.807, 2.05) is 0 Å². The molecule has 1 atom stereocenters. The first-order valence-electron chi connectivity index (χ1n) is 7.92. The van der Waals surface area contributed by atoms with Crippen LogP contribution in [-0.4, -0.2) is 35.6 Å². The lowest BCUT2D eigenvalue weighted by Gasteiger charge is -2.18. The first-order chi connectivity index (χ1) is 12.7. The van der Waals surface area contributed by atoms with E-state index in [-0.39, 0.29) is 28.6 Å². The third-order valence-electron chi connectivity index (χ3n) is 4.05. The van der Waals surface area contributed by atoms with Gasteiger partial charge in [-0.3, -0.25) is 4.79 Å². The predicted molar refractivity (Wildman–Crippen MR) is 96.2 cm³/mol. The number of nitrogens with zero attached hydrogens (tertiary/aromatic N) is 1. The first-order valence-corrected chi connectivity index (χ1v) is 11.0. The van der Waals surface area contributed by atoms with Gasteiger partial charge in [-0.05, 0) is 30.3 Å². The minimum atomic E-state index is -4.07. The lowest BCUT2D eigenvalue weighted by molar-refractivity contribution is -0.119. The normalized spacial score (nSPS) is 19.4. The van der Waals surface area contributed by atoms with Crippen LogP contribution in [-0.2, 0) is 31.4 Å². The molecule has 146 valence electrons. The summed E-state index contributed by atoms with van der Waals surface area (Å²) in [5.41, 5.74) is -0.0523. The highest BCUT2D eigenvalue weighted by Crippen LogP contribution is 2.33. The number of amides is 1. The molecule has 9 nitrogen and oxygen atoms in total. The van der Waals surface area contributed by atoms with E-state index < -0.39 is 31.9 Å². The summed E-state index contributed by atoms with van der Waals surface area (Å²) in [5, 5.41) is 0. The number of sulfonamides is 2. The Morgan fingerprint density at radius 2 is 2.07 bits per heavy atom. The standard InChI is InChI=1S/C16H18N2O7S2/c1-11-10-26(20,21)18(16(11)19)12-5-6-14(24-2)15(8-12)27(22,23)17-9-13-4-3-7-25-13/h3-8,11,17H,9-10H2,1-2H3/t11-/m0/s1. The van der Waals surface area contributed by atoms with Crippen molar-refractivity contribution in [2.45, 2.75) is 18.4 Å². The highest BCUT2D eigenvalue weighted by molar-refractivity contribution is 7.94. The summed E-state index contributed by atoms with van der Waals surface area (Å²) in [6, 6.07) is 6.97. The molecular formula is C16H18N2O7S2. The Morgan fingerprint density at radius 3 is 2.63 bits per heavy atom. The average molecular weight is 414 g/mol. The lowest BCUT2D eigenvalue weighted by Crippen LogP contribution is -2.31. The fourth-order valence-corrected chi connectivity index (χ4v) is 5.74. The van der Waals surface area contributed by atoms with Crippen molar-refractivity contribution in [3.63, 3.8) is 0 Å². The molecule has 0 radical (unpaired) electrons. The molecule has 1 saturated heterocycles. The second-order valence-corrected chi connectivity index (χ2v) is 9.62. The Bertz CT molecular complexity index is 1060. The largest absolute Gasteiger partial charge is 0.495 e. The number of nitrogens with one attached hydrogen (secondary N) is 1. The predicted octanol–water partition coefficient (Wildman–Crippen LogP) is 1.08. The number of anilines is 1. The van der Waals surface area contributed by atoms with Gasteiger partial charge in [-0.1, -0.05) is 6.92 Å². The highest BCUT2D eigenvalue weighted by atomic mass is 32.2. The van der Waals surface area contributed by atoms with E-state index in [2.05, 4.69) is 4.72 Å². The number of methoxy groups -OCH3 is 1. The Hall–Kier alpha value is -2.37. The molecule has 1 aromatic heterocycles. The maximum atomic E-state index is 12.7. The molecular weight excluding hydrogens is 396 g/mol. The molecule has 27 heavy (non-hydrogen) atoms. The number of carbonyl (C=O) groups excluding carboxylic acids is 1. The van der Waals surface area contributed by atoms with E-state index in [4.69, 9.17) is 9.15 Å². The average Bonchev–Trinajstić information content (AvgIpc) is 3.19. The Kier molecular flexibility index (Phi) is 5.02. The molecule has 0 spiro atoms. The molecule has 2 heterocycles. The summed E-state index contributed by atoms with van der Waals surface area (Å²) < 4.78 is 63.1. The van der Waals surface area contributed by atoms with Crippen molar-refractivity contribution in [2.75, 3.05) is 17.2 Å². The van der Waals surface area contributed by atoms with Gasteiger partial charge in [0.05, 0.1) is 37.3 Å². The molecule has 11 heteroatoms. The van der Waals surface area contributed by atoms with Gasteiger partial charge in [0.2, 0.25) is 26.0 Å². The van der Waals surface area contributed by atoms with Gasteiger partial charge in [-0.25, -0.2) is 25.9 Å². The number of carbonyl (C=O) groups is 1. The van der Waals surface area contributed by atoms with Gasteiger partial charge in [0.15, 0.2) is 0 Å². The number of hydrogen-bond acceptors (Lipinski definition) is 7. The molecule has 1 N–H and O–H groups in total. The molecule has 1 aliphatic heterocycles. The quantitative estimate of drug-likeness (QED) is 0.750. The van der Waals surface area contributed by atoms with Crippen molar-refractivity contribution in [1.29, 1.82) is 0 Å². The second kappa shape index (κ2) is 6.98. The van der Waals surface area contributed by atoms with Crippen molar-refractivity contribution in [2.24, 2.45) is 5.92 Å². The van der Waals surface area contributed by atoms with Crippen LogP contribution in [0.25, 0.3) is 0 Å². The number of furan rings is 1. The van der Waals surface area contributed by atoms with Crippen LogP contribution >= 0.6 is 0 Å². The second-order valence-electron chi connectivity index (χ2n) is 6.02. The number of ether oxygens (including phenoxy) is 1. The number of benzene rings is 1. The molecule has 0 aliphatic carbocycles. The molecule has 0 bridgehead atoms. The summed E-state index contributed by atoms with van der Waals surface area (Å²) in [6.45, 7) is 1.41. The van der Waals surface area contributed by atoms with E-state index in [0.717, 1.165) is 6.07 Å². The van der Waals surface area contributed by atoms with Crippen LogP contribution in [0, 0.1) is 5.92 Å². The summed E-state index contributed by atoms with van der Waals surface area (Å²) >= 11 is 0. The summed E-state index contributed by atoms with van der Waals surface area (Å²) in [4.78, 5) is 12.0. The topological polar surface area (TPSA) is 123 Å². The van der Waals surface area contributed by atoms with Crippen molar-refractivity contribution in [3.8, 4) is 5.75 Å². The number of rotatable bonds is 6. The third-order valence-corrected chi connectivity index (χ3v) is 7.34. The summed E-state index contributed by atoms with van der Waals surface area (Å²) in [5.74, 6) is -1.21. The number of hydrogen-bond donors (Lipinski definition) is 1. The van der Waals surface area contributed by atoms with Gasteiger partial charge in [0.25, 0.3) is 0 Å². The maximum Gasteiger partial charge on any atom is 0.244 e. The smallest absolute Gasteiger partial charge is 0.244 e. The fraction of sp³-hybridized carbons (Fsp3) is 0.312. The zero-order valence-electron chi connectivity index (χ0n) is 14.6.